The standard InChI is InChI=1S/C16H15FN2O3S2/c1-11-14(8-9-18-24(20,21)15-7-4-10-23-15)19-16(22-11)12-5-2-3-6-13(12)17/h2-7,10,18H,8-9H2,1H3. The second kappa shape index (κ2) is 6.84. The summed E-state index contributed by atoms with van der Waals surface area (Å²) in [5.74, 6) is 0.328. The van der Waals surface area contributed by atoms with E-state index in [0.717, 1.165) is 11.3 Å². The first kappa shape index (κ1) is 16.8. The van der Waals surface area contributed by atoms with Crippen molar-refractivity contribution >= 4 is 21.4 Å². The van der Waals surface area contributed by atoms with Gasteiger partial charge in [0.05, 0.1) is 11.3 Å². The third-order valence-electron chi connectivity index (χ3n) is 3.41. The van der Waals surface area contributed by atoms with Crippen molar-refractivity contribution in [3.63, 3.8) is 0 Å². The van der Waals surface area contributed by atoms with Crippen molar-refractivity contribution in [1.82, 2.24) is 9.71 Å². The highest BCUT2D eigenvalue weighted by Crippen LogP contribution is 2.24. The van der Waals surface area contributed by atoms with Crippen LogP contribution in [0.1, 0.15) is 11.5 Å². The summed E-state index contributed by atoms with van der Waals surface area (Å²) in [5.41, 5.74) is 0.883. The van der Waals surface area contributed by atoms with E-state index >= 15 is 0 Å². The largest absolute Gasteiger partial charge is 0.441 e. The van der Waals surface area contributed by atoms with E-state index < -0.39 is 15.8 Å². The minimum atomic E-state index is -3.50. The summed E-state index contributed by atoms with van der Waals surface area (Å²) >= 11 is 1.16. The molecule has 5 nitrogen and oxygen atoms in total. The molecule has 0 saturated carbocycles. The summed E-state index contributed by atoms with van der Waals surface area (Å²) in [6, 6.07) is 9.45. The second-order valence-corrected chi connectivity index (χ2v) is 8.02. The van der Waals surface area contributed by atoms with Gasteiger partial charge in [0.1, 0.15) is 15.8 Å². The highest BCUT2D eigenvalue weighted by molar-refractivity contribution is 7.91. The van der Waals surface area contributed by atoms with Gasteiger partial charge < -0.3 is 4.42 Å². The van der Waals surface area contributed by atoms with Crippen molar-refractivity contribution < 1.29 is 17.2 Å². The second-order valence-electron chi connectivity index (χ2n) is 5.08. The molecule has 0 fully saturated rings. The topological polar surface area (TPSA) is 72.2 Å². The van der Waals surface area contributed by atoms with E-state index in [0.29, 0.717) is 17.9 Å². The average molecular weight is 366 g/mol. The van der Waals surface area contributed by atoms with Crippen molar-refractivity contribution in [3.05, 3.63) is 59.0 Å². The maximum Gasteiger partial charge on any atom is 0.250 e. The number of nitrogens with zero attached hydrogens (tertiary/aromatic N) is 1. The third kappa shape index (κ3) is 3.55. The van der Waals surface area contributed by atoms with Gasteiger partial charge in [-0.05, 0) is 30.5 Å². The molecule has 3 rings (SSSR count). The van der Waals surface area contributed by atoms with E-state index in [9.17, 15) is 12.8 Å². The van der Waals surface area contributed by atoms with Crippen LogP contribution in [-0.4, -0.2) is 19.9 Å². The molecule has 0 aliphatic carbocycles. The van der Waals surface area contributed by atoms with Gasteiger partial charge in [-0.25, -0.2) is 22.5 Å². The molecule has 0 saturated heterocycles. The zero-order valence-electron chi connectivity index (χ0n) is 12.8. The minimum absolute atomic E-state index is 0.185. The maximum atomic E-state index is 13.8. The van der Waals surface area contributed by atoms with Crippen LogP contribution in [-0.2, 0) is 16.4 Å². The Morgan fingerprint density at radius 2 is 2.04 bits per heavy atom. The number of benzene rings is 1. The lowest BCUT2D eigenvalue weighted by Crippen LogP contribution is -2.25. The number of aryl methyl sites for hydroxylation is 1. The molecule has 0 aliphatic rings. The number of hydrogen-bond acceptors (Lipinski definition) is 5. The van der Waals surface area contributed by atoms with Gasteiger partial charge in [0, 0.05) is 13.0 Å². The van der Waals surface area contributed by atoms with Crippen molar-refractivity contribution in [2.24, 2.45) is 0 Å². The number of aromatic nitrogens is 1. The van der Waals surface area contributed by atoms with Crippen LogP contribution in [0.5, 0.6) is 0 Å². The summed E-state index contributed by atoms with van der Waals surface area (Å²) in [4.78, 5) is 4.28. The molecular weight excluding hydrogens is 351 g/mol. The number of rotatable bonds is 6. The van der Waals surface area contributed by atoms with Gasteiger partial charge in [-0.1, -0.05) is 18.2 Å². The monoisotopic (exact) mass is 366 g/mol. The van der Waals surface area contributed by atoms with Crippen molar-refractivity contribution in [3.8, 4) is 11.5 Å². The molecule has 1 aromatic carbocycles. The van der Waals surface area contributed by atoms with Gasteiger partial charge in [-0.2, -0.15) is 0 Å². The minimum Gasteiger partial charge on any atom is -0.441 e. The number of thiophene rings is 1. The van der Waals surface area contributed by atoms with Gasteiger partial charge in [0.15, 0.2) is 0 Å². The molecule has 0 radical (unpaired) electrons. The molecule has 0 aliphatic heterocycles. The summed E-state index contributed by atoms with van der Waals surface area (Å²) in [7, 11) is -3.50. The molecule has 0 atom stereocenters. The van der Waals surface area contributed by atoms with E-state index in [1.807, 2.05) is 0 Å². The summed E-state index contributed by atoms with van der Waals surface area (Å²) < 4.78 is 46.2. The van der Waals surface area contributed by atoms with Crippen LogP contribution in [0.3, 0.4) is 0 Å². The smallest absolute Gasteiger partial charge is 0.250 e. The molecule has 0 spiro atoms. The van der Waals surface area contributed by atoms with E-state index in [2.05, 4.69) is 9.71 Å². The molecule has 24 heavy (non-hydrogen) atoms. The fraction of sp³-hybridized carbons (Fsp3) is 0.188. The van der Waals surface area contributed by atoms with Crippen LogP contribution in [0.4, 0.5) is 4.39 Å². The molecule has 8 heteroatoms. The van der Waals surface area contributed by atoms with Crippen LogP contribution in [0, 0.1) is 12.7 Å². The first-order valence-corrected chi connectivity index (χ1v) is 9.58. The van der Waals surface area contributed by atoms with Gasteiger partial charge in [0.25, 0.3) is 0 Å². The van der Waals surface area contributed by atoms with Crippen molar-refractivity contribution in [2.45, 2.75) is 17.6 Å². The van der Waals surface area contributed by atoms with Crippen molar-refractivity contribution in [2.75, 3.05) is 6.54 Å². The lowest BCUT2D eigenvalue weighted by molar-refractivity contribution is 0.531. The Morgan fingerprint density at radius 1 is 1.25 bits per heavy atom. The zero-order chi connectivity index (χ0) is 17.2. The Labute approximate surface area is 143 Å². The SMILES string of the molecule is Cc1oc(-c2ccccc2F)nc1CCNS(=O)(=O)c1cccs1. The normalized spacial score (nSPS) is 11.8. The quantitative estimate of drug-likeness (QED) is 0.726. The maximum absolute atomic E-state index is 13.8. The summed E-state index contributed by atoms with van der Waals surface area (Å²) in [6.07, 6.45) is 0.356. The molecule has 1 N–H and O–H groups in total. The van der Waals surface area contributed by atoms with E-state index in [1.165, 1.54) is 6.07 Å². The highest BCUT2D eigenvalue weighted by atomic mass is 32.2. The van der Waals surface area contributed by atoms with Crippen LogP contribution < -0.4 is 4.72 Å². The first-order valence-electron chi connectivity index (χ1n) is 7.22. The zero-order valence-corrected chi connectivity index (χ0v) is 14.5. The van der Waals surface area contributed by atoms with E-state index in [4.69, 9.17) is 4.42 Å². The molecule has 0 unspecified atom stereocenters. The molecular formula is C16H15FN2O3S2. The fourth-order valence-electron chi connectivity index (χ4n) is 2.20. The van der Waals surface area contributed by atoms with Crippen LogP contribution in [0.15, 0.2) is 50.4 Å². The van der Waals surface area contributed by atoms with Crippen LogP contribution in [0.25, 0.3) is 11.5 Å². The summed E-state index contributed by atoms with van der Waals surface area (Å²) in [5, 5.41) is 1.71. The molecule has 2 aromatic heterocycles. The average Bonchev–Trinajstić information content (AvgIpc) is 3.19. The Hall–Kier alpha value is -2.03. The molecule has 3 aromatic rings. The predicted octanol–water partition coefficient (Wildman–Crippen LogP) is 3.37. The van der Waals surface area contributed by atoms with Crippen LogP contribution >= 0.6 is 11.3 Å². The van der Waals surface area contributed by atoms with Crippen molar-refractivity contribution in [1.29, 1.82) is 0 Å². The molecule has 0 amide bonds. The third-order valence-corrected chi connectivity index (χ3v) is 6.27. The lowest BCUT2D eigenvalue weighted by atomic mass is 10.2. The number of nitrogens with one attached hydrogen (secondary N) is 1. The number of sulfonamides is 1. The number of oxazole rings is 1. The van der Waals surface area contributed by atoms with E-state index in [1.54, 1.807) is 42.6 Å². The fourth-order valence-corrected chi connectivity index (χ4v) is 4.27. The Bertz CT molecular complexity index is 934. The molecule has 2 heterocycles. The van der Waals surface area contributed by atoms with Gasteiger partial charge >= 0.3 is 0 Å². The Kier molecular flexibility index (Phi) is 4.79. The van der Waals surface area contributed by atoms with Gasteiger partial charge in [-0.3, -0.25) is 0 Å². The van der Waals surface area contributed by atoms with Gasteiger partial charge in [0.2, 0.25) is 15.9 Å². The van der Waals surface area contributed by atoms with E-state index in [-0.39, 0.29) is 22.2 Å². The molecule has 126 valence electrons. The first-order chi connectivity index (χ1) is 11.5. The highest BCUT2D eigenvalue weighted by Gasteiger charge is 2.17. The number of hydrogen-bond donors (Lipinski definition) is 1. The Balaban J connectivity index is 1.70. The number of halogens is 1. The van der Waals surface area contributed by atoms with Gasteiger partial charge in [-0.15, -0.1) is 11.3 Å². The predicted molar refractivity (Wildman–Crippen MR) is 89.8 cm³/mol. The molecule has 0 bridgehead atoms. The lowest BCUT2D eigenvalue weighted by Gasteiger charge is -2.03. The van der Waals surface area contributed by atoms with Crippen LogP contribution in [0.2, 0.25) is 0 Å². The Morgan fingerprint density at radius 3 is 2.75 bits per heavy atom. The summed E-state index contributed by atoms with van der Waals surface area (Å²) in [6.45, 7) is 1.91.